The highest BCUT2D eigenvalue weighted by Gasteiger charge is 2.17. The summed E-state index contributed by atoms with van der Waals surface area (Å²) < 4.78 is 11.7. The number of morpholine rings is 1. The van der Waals surface area contributed by atoms with Crippen molar-refractivity contribution in [1.29, 1.82) is 0 Å². The van der Waals surface area contributed by atoms with Gasteiger partial charge in [0.15, 0.2) is 0 Å². The van der Waals surface area contributed by atoms with Gasteiger partial charge < -0.3 is 14.8 Å². The van der Waals surface area contributed by atoms with Gasteiger partial charge in [0.2, 0.25) is 0 Å². The number of benzene rings is 2. The third-order valence-electron chi connectivity index (χ3n) is 3.56. The highest BCUT2D eigenvalue weighted by Crippen LogP contribution is 2.36. The number of rotatable bonds is 4. The van der Waals surface area contributed by atoms with Gasteiger partial charge in [-0.3, -0.25) is 0 Å². The zero-order valence-corrected chi connectivity index (χ0v) is 13.5. The van der Waals surface area contributed by atoms with Gasteiger partial charge in [-0.1, -0.05) is 47.5 Å². The first kappa shape index (κ1) is 15.6. The van der Waals surface area contributed by atoms with Crippen LogP contribution >= 0.6 is 23.2 Å². The monoisotopic (exact) mass is 337 g/mol. The summed E-state index contributed by atoms with van der Waals surface area (Å²) in [5.41, 5.74) is 1.09. The molecule has 0 radical (unpaired) electrons. The molecular formula is C17H17Cl2NO2. The van der Waals surface area contributed by atoms with Crippen LogP contribution in [0.25, 0.3) is 0 Å². The van der Waals surface area contributed by atoms with Crippen molar-refractivity contribution in [3.63, 3.8) is 0 Å². The number of nitrogens with one attached hydrogen (secondary N) is 1. The number of halogens is 2. The first-order chi connectivity index (χ1) is 10.7. The lowest BCUT2D eigenvalue weighted by Gasteiger charge is -2.24. The quantitative estimate of drug-likeness (QED) is 0.901. The van der Waals surface area contributed by atoms with E-state index in [-0.39, 0.29) is 6.10 Å². The molecule has 3 rings (SSSR count). The normalized spacial score (nSPS) is 18.2. The molecule has 0 unspecified atom stereocenters. The molecule has 1 atom stereocenters. The molecule has 1 aliphatic heterocycles. The highest BCUT2D eigenvalue weighted by molar-refractivity contribution is 6.42. The molecule has 5 heteroatoms. The smallest absolute Gasteiger partial charge is 0.147 e. The maximum absolute atomic E-state index is 6.20. The second-order valence-corrected chi connectivity index (χ2v) is 5.95. The molecule has 1 heterocycles. The third-order valence-corrected chi connectivity index (χ3v) is 4.36. The molecule has 1 N–H and O–H groups in total. The molecule has 1 fully saturated rings. The first-order valence-corrected chi connectivity index (χ1v) is 8.02. The van der Waals surface area contributed by atoms with Gasteiger partial charge in [0.1, 0.15) is 16.5 Å². The lowest BCUT2D eigenvalue weighted by atomic mass is 10.1. The van der Waals surface area contributed by atoms with Crippen molar-refractivity contribution in [1.82, 2.24) is 5.32 Å². The molecule has 1 saturated heterocycles. The van der Waals surface area contributed by atoms with Gasteiger partial charge in [-0.05, 0) is 23.8 Å². The Labute approximate surface area is 140 Å². The lowest BCUT2D eigenvalue weighted by Crippen LogP contribution is -2.39. The Kier molecular flexibility index (Phi) is 5.21. The maximum Gasteiger partial charge on any atom is 0.147 e. The molecule has 1 aliphatic rings. The fourth-order valence-corrected chi connectivity index (χ4v) is 2.78. The molecule has 2 aromatic rings. The summed E-state index contributed by atoms with van der Waals surface area (Å²) >= 11 is 12.2. The van der Waals surface area contributed by atoms with Crippen LogP contribution in [0.1, 0.15) is 5.56 Å². The van der Waals surface area contributed by atoms with Crippen LogP contribution in [0.15, 0.2) is 42.5 Å². The predicted molar refractivity (Wildman–Crippen MR) is 89.3 cm³/mol. The molecular weight excluding hydrogens is 321 g/mol. The molecule has 22 heavy (non-hydrogen) atoms. The Morgan fingerprint density at radius 2 is 1.91 bits per heavy atom. The molecule has 116 valence electrons. The Balaban J connectivity index is 1.80. The molecule has 0 amide bonds. The Bertz CT molecular complexity index is 642. The van der Waals surface area contributed by atoms with Gasteiger partial charge in [0.05, 0.1) is 17.7 Å². The number of hydrogen-bond donors (Lipinski definition) is 1. The molecule has 2 aromatic carbocycles. The molecule has 0 aliphatic carbocycles. The van der Waals surface area contributed by atoms with E-state index in [0.717, 1.165) is 37.4 Å². The predicted octanol–water partition coefficient (Wildman–Crippen LogP) is 4.32. The van der Waals surface area contributed by atoms with Crippen molar-refractivity contribution in [3.8, 4) is 11.5 Å². The largest absolute Gasteiger partial charge is 0.455 e. The summed E-state index contributed by atoms with van der Waals surface area (Å²) in [5.74, 6) is 1.34. The van der Waals surface area contributed by atoms with E-state index in [1.807, 2.05) is 36.4 Å². The topological polar surface area (TPSA) is 30.5 Å². The molecule has 0 bridgehead atoms. The van der Waals surface area contributed by atoms with E-state index >= 15 is 0 Å². The second kappa shape index (κ2) is 7.34. The van der Waals surface area contributed by atoms with E-state index in [9.17, 15) is 0 Å². The van der Waals surface area contributed by atoms with Crippen LogP contribution in [-0.2, 0) is 11.2 Å². The van der Waals surface area contributed by atoms with Crippen LogP contribution in [0.3, 0.4) is 0 Å². The number of para-hydroxylation sites is 1. The fraction of sp³-hybridized carbons (Fsp3) is 0.294. The van der Waals surface area contributed by atoms with E-state index in [1.54, 1.807) is 6.07 Å². The summed E-state index contributed by atoms with van der Waals surface area (Å²) in [6.07, 6.45) is 0.954. The summed E-state index contributed by atoms with van der Waals surface area (Å²) in [6.45, 7) is 2.51. The minimum atomic E-state index is 0.160. The van der Waals surface area contributed by atoms with Crippen LogP contribution in [0, 0.1) is 0 Å². The van der Waals surface area contributed by atoms with Crippen molar-refractivity contribution in [3.05, 3.63) is 58.1 Å². The van der Waals surface area contributed by atoms with Crippen molar-refractivity contribution >= 4 is 23.2 Å². The zero-order chi connectivity index (χ0) is 15.4. The van der Waals surface area contributed by atoms with Gasteiger partial charge in [-0.25, -0.2) is 0 Å². The maximum atomic E-state index is 6.20. The van der Waals surface area contributed by atoms with Gasteiger partial charge in [-0.2, -0.15) is 0 Å². The highest BCUT2D eigenvalue weighted by atomic mass is 35.5. The first-order valence-electron chi connectivity index (χ1n) is 7.26. The zero-order valence-electron chi connectivity index (χ0n) is 12.0. The van der Waals surface area contributed by atoms with Gasteiger partial charge >= 0.3 is 0 Å². The average Bonchev–Trinajstić information content (AvgIpc) is 2.55. The number of ether oxygens (including phenoxy) is 2. The van der Waals surface area contributed by atoms with E-state index in [1.165, 1.54) is 0 Å². The van der Waals surface area contributed by atoms with Crippen LogP contribution in [0.5, 0.6) is 11.5 Å². The van der Waals surface area contributed by atoms with Crippen molar-refractivity contribution in [2.24, 2.45) is 0 Å². The summed E-state index contributed by atoms with van der Waals surface area (Å²) in [6, 6.07) is 13.3. The minimum Gasteiger partial charge on any atom is -0.455 e. The third kappa shape index (κ3) is 3.73. The van der Waals surface area contributed by atoms with E-state index in [4.69, 9.17) is 32.7 Å². The molecule has 0 saturated carbocycles. The van der Waals surface area contributed by atoms with Gasteiger partial charge in [-0.15, -0.1) is 0 Å². The van der Waals surface area contributed by atoms with Crippen LogP contribution in [0.2, 0.25) is 10.0 Å². The van der Waals surface area contributed by atoms with Crippen LogP contribution < -0.4 is 10.1 Å². The van der Waals surface area contributed by atoms with Gasteiger partial charge in [0, 0.05) is 19.5 Å². The molecule has 0 aromatic heterocycles. The lowest BCUT2D eigenvalue weighted by molar-refractivity contribution is 0.0289. The standard InChI is InChI=1S/C17H17Cl2NO2/c18-14-5-3-7-16(17(14)19)22-15-6-2-1-4-12(15)10-13-11-20-8-9-21-13/h1-7,13,20H,8-11H2/t13-/m0/s1. The van der Waals surface area contributed by atoms with Gasteiger partial charge in [0.25, 0.3) is 0 Å². The van der Waals surface area contributed by atoms with Crippen molar-refractivity contribution in [2.75, 3.05) is 19.7 Å². The minimum absolute atomic E-state index is 0.160. The Hall–Kier alpha value is -1.26. The summed E-state index contributed by atoms with van der Waals surface area (Å²) in [7, 11) is 0. The average molecular weight is 338 g/mol. The second-order valence-electron chi connectivity index (χ2n) is 5.16. The van der Waals surface area contributed by atoms with Crippen molar-refractivity contribution in [2.45, 2.75) is 12.5 Å². The Morgan fingerprint density at radius 1 is 1.09 bits per heavy atom. The van der Waals surface area contributed by atoms with E-state index in [0.29, 0.717) is 15.8 Å². The fourth-order valence-electron chi connectivity index (χ4n) is 2.45. The molecule has 3 nitrogen and oxygen atoms in total. The molecule has 0 spiro atoms. The van der Waals surface area contributed by atoms with Crippen LogP contribution in [0.4, 0.5) is 0 Å². The Morgan fingerprint density at radius 3 is 2.73 bits per heavy atom. The SMILES string of the molecule is Clc1cccc(Oc2ccccc2C[C@H]2CNCCO2)c1Cl. The van der Waals surface area contributed by atoms with Crippen molar-refractivity contribution < 1.29 is 9.47 Å². The number of hydrogen-bond acceptors (Lipinski definition) is 3. The van der Waals surface area contributed by atoms with Crippen LogP contribution in [-0.4, -0.2) is 25.8 Å². The van der Waals surface area contributed by atoms with E-state index < -0.39 is 0 Å². The van der Waals surface area contributed by atoms with E-state index in [2.05, 4.69) is 5.32 Å². The summed E-state index contributed by atoms with van der Waals surface area (Å²) in [5, 5.41) is 4.24. The summed E-state index contributed by atoms with van der Waals surface area (Å²) in [4.78, 5) is 0.